The van der Waals surface area contributed by atoms with E-state index >= 15 is 0 Å². The summed E-state index contributed by atoms with van der Waals surface area (Å²) in [5.41, 5.74) is 2.75. The van der Waals surface area contributed by atoms with Crippen LogP contribution < -0.4 is 4.74 Å². The Morgan fingerprint density at radius 2 is 2.09 bits per heavy atom. The van der Waals surface area contributed by atoms with Gasteiger partial charge in [0, 0.05) is 17.5 Å². The van der Waals surface area contributed by atoms with Gasteiger partial charge in [-0.1, -0.05) is 47.1 Å². The first kappa shape index (κ1) is 13.2. The molecule has 0 amide bonds. The van der Waals surface area contributed by atoms with Crippen molar-refractivity contribution < 1.29 is 19.2 Å². The number of carbonyl (C=O) groups is 1. The highest BCUT2D eigenvalue weighted by Gasteiger charge is 2.33. The van der Waals surface area contributed by atoms with Crippen LogP contribution in [0.1, 0.15) is 5.56 Å². The number of aromatic nitrogens is 1. The molecular weight excluding hydrogens is 306 g/mol. The van der Waals surface area contributed by atoms with Gasteiger partial charge < -0.3 is 14.4 Å². The Morgan fingerprint density at radius 1 is 1.32 bits per heavy atom. The lowest BCUT2D eigenvalue weighted by Gasteiger charge is -2.05. The summed E-state index contributed by atoms with van der Waals surface area (Å²) in [5, 5.41) is 14.2. The van der Waals surface area contributed by atoms with E-state index in [4.69, 9.17) is 26.0 Å². The molecule has 0 saturated heterocycles. The Kier molecular flexibility index (Phi) is 2.84. The number of ether oxygens (including phenoxy) is 1. The summed E-state index contributed by atoms with van der Waals surface area (Å²) >= 11 is 6.31. The van der Waals surface area contributed by atoms with Crippen LogP contribution in [-0.2, 0) is 11.2 Å². The maximum absolute atomic E-state index is 11.1. The highest BCUT2D eigenvalue weighted by molar-refractivity contribution is 6.37. The smallest absolute Gasteiger partial charge is 0.345 e. The van der Waals surface area contributed by atoms with Crippen LogP contribution in [0.15, 0.2) is 40.9 Å². The zero-order chi connectivity index (χ0) is 15.3. The van der Waals surface area contributed by atoms with Crippen LogP contribution in [0.5, 0.6) is 5.75 Å². The summed E-state index contributed by atoms with van der Waals surface area (Å²) in [6, 6.07) is 11.4. The summed E-state index contributed by atoms with van der Waals surface area (Å²) in [7, 11) is 0. The third kappa shape index (κ3) is 1.86. The molecule has 1 atom stereocenters. The van der Waals surface area contributed by atoms with Crippen molar-refractivity contribution in [2.75, 3.05) is 0 Å². The van der Waals surface area contributed by atoms with E-state index in [0.717, 1.165) is 16.5 Å². The topological polar surface area (TPSA) is 72.6 Å². The van der Waals surface area contributed by atoms with E-state index in [1.165, 1.54) is 0 Å². The number of hydrogen-bond acceptors (Lipinski definition) is 4. The van der Waals surface area contributed by atoms with Crippen LogP contribution in [0, 0.1) is 0 Å². The second-order valence-corrected chi connectivity index (χ2v) is 5.48. The number of hydrogen-bond donors (Lipinski definition) is 1. The van der Waals surface area contributed by atoms with Gasteiger partial charge in [-0.25, -0.2) is 4.79 Å². The molecule has 1 aliphatic heterocycles. The Morgan fingerprint density at radius 3 is 2.82 bits per heavy atom. The number of aliphatic carboxylic acids is 1. The Labute approximate surface area is 130 Å². The van der Waals surface area contributed by atoms with E-state index in [1.807, 2.05) is 36.4 Å². The van der Waals surface area contributed by atoms with Crippen molar-refractivity contribution in [3.05, 3.63) is 47.0 Å². The summed E-state index contributed by atoms with van der Waals surface area (Å²) in [6.07, 6.45) is -0.633. The van der Waals surface area contributed by atoms with E-state index in [1.54, 1.807) is 0 Å². The molecule has 0 spiro atoms. The number of halogens is 1. The summed E-state index contributed by atoms with van der Waals surface area (Å²) in [4.78, 5) is 11.1. The van der Waals surface area contributed by atoms with Gasteiger partial charge in [-0.05, 0) is 6.07 Å². The first-order chi connectivity index (χ1) is 10.6. The fourth-order valence-electron chi connectivity index (χ4n) is 2.68. The summed E-state index contributed by atoms with van der Waals surface area (Å²) in [6.45, 7) is 0. The van der Waals surface area contributed by atoms with Crippen LogP contribution in [0.3, 0.4) is 0 Å². The molecule has 1 N–H and O–H groups in total. The van der Waals surface area contributed by atoms with E-state index in [2.05, 4.69) is 5.16 Å². The van der Waals surface area contributed by atoms with Crippen LogP contribution >= 0.6 is 11.6 Å². The van der Waals surface area contributed by atoms with E-state index in [9.17, 15) is 4.79 Å². The quantitative estimate of drug-likeness (QED) is 0.783. The molecule has 0 aliphatic carbocycles. The lowest BCUT2D eigenvalue weighted by molar-refractivity contribution is -0.144. The van der Waals surface area contributed by atoms with E-state index < -0.39 is 12.1 Å². The molecule has 4 rings (SSSR count). The Bertz CT molecular complexity index is 888. The van der Waals surface area contributed by atoms with Gasteiger partial charge >= 0.3 is 5.97 Å². The fraction of sp³-hybridized carbons (Fsp3) is 0.125. The van der Waals surface area contributed by atoms with Crippen molar-refractivity contribution in [2.45, 2.75) is 12.5 Å². The molecule has 6 heteroatoms. The van der Waals surface area contributed by atoms with Crippen LogP contribution in [0.25, 0.3) is 22.2 Å². The Hall–Kier alpha value is -2.53. The van der Waals surface area contributed by atoms with Gasteiger partial charge in [0.25, 0.3) is 0 Å². The second-order valence-electron chi connectivity index (χ2n) is 5.10. The normalized spacial score (nSPS) is 16.5. The molecule has 2 aromatic carbocycles. The van der Waals surface area contributed by atoms with Gasteiger partial charge in [0.1, 0.15) is 16.5 Å². The Balaban J connectivity index is 1.91. The van der Waals surface area contributed by atoms with Gasteiger partial charge in [-0.15, -0.1) is 0 Å². The van der Waals surface area contributed by atoms with Gasteiger partial charge in [-0.3, -0.25) is 0 Å². The van der Waals surface area contributed by atoms with Crippen molar-refractivity contribution >= 4 is 28.5 Å². The van der Waals surface area contributed by atoms with Crippen LogP contribution in [0.4, 0.5) is 0 Å². The van der Waals surface area contributed by atoms with E-state index in [-0.39, 0.29) is 11.4 Å². The maximum atomic E-state index is 11.1. The van der Waals surface area contributed by atoms with Gasteiger partial charge in [0.2, 0.25) is 0 Å². The number of nitrogens with zero attached hydrogens (tertiary/aromatic N) is 1. The SMILES string of the molecule is O=C(O)C1Cc2cc3c(-c4ccccc4)noc3c(Cl)c2O1. The molecule has 22 heavy (non-hydrogen) atoms. The second kappa shape index (κ2) is 4.74. The molecule has 2 heterocycles. The molecule has 1 aromatic heterocycles. The summed E-state index contributed by atoms with van der Waals surface area (Å²) < 4.78 is 10.7. The van der Waals surface area contributed by atoms with Crippen molar-refractivity contribution in [1.29, 1.82) is 0 Å². The average molecular weight is 316 g/mol. The molecule has 1 unspecified atom stereocenters. The summed E-state index contributed by atoms with van der Waals surface area (Å²) in [5.74, 6) is -0.636. The molecular formula is C16H10ClNO4. The van der Waals surface area contributed by atoms with Gasteiger partial charge in [-0.2, -0.15) is 0 Å². The van der Waals surface area contributed by atoms with Crippen LogP contribution in [0.2, 0.25) is 5.02 Å². The molecule has 0 radical (unpaired) electrons. The first-order valence-corrected chi connectivity index (χ1v) is 7.08. The lowest BCUT2D eigenvalue weighted by atomic mass is 10.0. The molecule has 0 bridgehead atoms. The van der Waals surface area contributed by atoms with Crippen molar-refractivity contribution in [3.63, 3.8) is 0 Å². The maximum Gasteiger partial charge on any atom is 0.345 e. The minimum Gasteiger partial charge on any atom is -0.478 e. The fourth-order valence-corrected chi connectivity index (χ4v) is 2.98. The van der Waals surface area contributed by atoms with Gasteiger partial charge in [0.15, 0.2) is 11.7 Å². The monoisotopic (exact) mass is 315 g/mol. The molecule has 3 aromatic rings. The number of fused-ring (bicyclic) bond motifs is 2. The van der Waals surface area contributed by atoms with E-state index in [0.29, 0.717) is 17.0 Å². The molecule has 1 aliphatic rings. The lowest BCUT2D eigenvalue weighted by Crippen LogP contribution is -2.24. The average Bonchev–Trinajstić information content (AvgIpc) is 3.13. The highest BCUT2D eigenvalue weighted by atomic mass is 35.5. The predicted molar refractivity (Wildman–Crippen MR) is 80.2 cm³/mol. The van der Waals surface area contributed by atoms with Crippen molar-refractivity contribution in [3.8, 4) is 17.0 Å². The third-order valence-corrected chi connectivity index (χ3v) is 4.07. The minimum absolute atomic E-state index is 0.269. The standard InChI is InChI=1S/C16H10ClNO4/c17-12-14-9(7-11(21-14)16(19)20)6-10-13(18-22-15(10)12)8-4-2-1-3-5-8/h1-6,11H,7H2,(H,19,20). The van der Waals surface area contributed by atoms with Crippen molar-refractivity contribution in [2.24, 2.45) is 0 Å². The minimum atomic E-state index is -1.01. The number of benzene rings is 2. The van der Waals surface area contributed by atoms with Crippen molar-refractivity contribution in [1.82, 2.24) is 5.16 Å². The molecule has 0 fully saturated rings. The zero-order valence-corrected chi connectivity index (χ0v) is 12.0. The molecule has 0 saturated carbocycles. The zero-order valence-electron chi connectivity index (χ0n) is 11.2. The molecule has 110 valence electrons. The molecule has 5 nitrogen and oxygen atoms in total. The van der Waals surface area contributed by atoms with Crippen LogP contribution in [-0.4, -0.2) is 22.3 Å². The largest absolute Gasteiger partial charge is 0.478 e. The number of carboxylic acids is 1. The highest BCUT2D eigenvalue weighted by Crippen LogP contribution is 2.43. The number of rotatable bonds is 2. The van der Waals surface area contributed by atoms with Gasteiger partial charge in [0.05, 0.1) is 5.39 Å². The third-order valence-electron chi connectivity index (χ3n) is 3.72. The number of carboxylic acid groups (broad SMARTS) is 1. The predicted octanol–water partition coefficient (Wildman–Crippen LogP) is 3.54. The first-order valence-electron chi connectivity index (χ1n) is 6.71.